The van der Waals surface area contributed by atoms with Crippen LogP contribution >= 0.6 is 0 Å². The van der Waals surface area contributed by atoms with Gasteiger partial charge in [-0.15, -0.1) is 0 Å². The Bertz CT molecular complexity index is 1550. The molecule has 4 aromatic rings. The Morgan fingerprint density at radius 2 is 1.26 bits per heavy atom. The molecule has 2 fully saturated rings. The molecule has 2 aromatic heterocycles. The predicted octanol–water partition coefficient (Wildman–Crippen LogP) is 5.28. The van der Waals surface area contributed by atoms with Crippen LogP contribution in [0.2, 0.25) is 0 Å². The van der Waals surface area contributed by atoms with E-state index in [1.54, 1.807) is 19.9 Å². The first kappa shape index (κ1) is 29.1. The average Bonchev–Trinajstić information content (AvgIpc) is 3.43. The third-order valence-electron chi connectivity index (χ3n) is 7.84. The molecule has 0 atom stereocenters. The first-order valence-corrected chi connectivity index (χ1v) is 13.9. The zero-order chi connectivity index (χ0) is 30.1. The van der Waals surface area contributed by atoms with Crippen molar-refractivity contribution in [2.24, 2.45) is 0 Å². The van der Waals surface area contributed by atoms with Gasteiger partial charge in [-0.1, -0.05) is 22.4 Å². The molecule has 2 aliphatic rings. The van der Waals surface area contributed by atoms with Crippen molar-refractivity contribution in [3.8, 4) is 22.3 Å². The molecule has 0 saturated heterocycles. The molecule has 0 amide bonds. The van der Waals surface area contributed by atoms with Gasteiger partial charge in [-0.25, -0.2) is 0 Å². The fraction of sp³-hybridized carbons (Fsp3) is 0.400. The van der Waals surface area contributed by atoms with Crippen molar-refractivity contribution in [1.82, 2.24) is 10.3 Å². The third-order valence-corrected chi connectivity index (χ3v) is 7.84. The number of nitro groups is 1. The van der Waals surface area contributed by atoms with E-state index in [2.05, 4.69) is 20.9 Å². The van der Waals surface area contributed by atoms with E-state index in [0.29, 0.717) is 47.3 Å². The maximum absolute atomic E-state index is 11.3. The molecule has 12 nitrogen and oxygen atoms in total. The van der Waals surface area contributed by atoms with Gasteiger partial charge in [0.05, 0.1) is 39.9 Å². The molecule has 0 unspecified atom stereocenters. The van der Waals surface area contributed by atoms with E-state index >= 15 is 0 Å². The van der Waals surface area contributed by atoms with E-state index in [1.165, 1.54) is 6.07 Å². The van der Waals surface area contributed by atoms with Crippen LogP contribution in [0.1, 0.15) is 48.6 Å². The van der Waals surface area contributed by atoms with Gasteiger partial charge in [-0.05, 0) is 82.7 Å². The second kappa shape index (κ2) is 11.8. The number of aromatic nitrogens is 2. The summed E-state index contributed by atoms with van der Waals surface area (Å²) in [4.78, 5) is 10.9. The maximum Gasteiger partial charge on any atom is 0.292 e. The number of hydrogen-bond donors (Lipinski definition) is 5. The third kappa shape index (κ3) is 6.09. The maximum atomic E-state index is 11.3. The normalized spacial score (nSPS) is 21.0. The van der Waals surface area contributed by atoms with Crippen molar-refractivity contribution in [3.63, 3.8) is 0 Å². The topological polar surface area (TPSA) is 186 Å². The number of hydrogen-bond acceptors (Lipinski definition) is 11. The average molecular weight is 577 g/mol. The van der Waals surface area contributed by atoms with Gasteiger partial charge in [0.1, 0.15) is 17.2 Å². The molecule has 222 valence electrons. The number of anilines is 3. The molecule has 42 heavy (non-hydrogen) atoms. The number of nitro benzene ring substituents is 1. The van der Waals surface area contributed by atoms with Gasteiger partial charge in [0.25, 0.3) is 5.69 Å². The lowest BCUT2D eigenvalue weighted by atomic mass is 9.89. The van der Waals surface area contributed by atoms with E-state index in [9.17, 15) is 20.3 Å². The van der Waals surface area contributed by atoms with E-state index in [0.717, 1.165) is 46.7 Å². The van der Waals surface area contributed by atoms with E-state index in [1.807, 2.05) is 38.1 Å². The van der Waals surface area contributed by atoms with Crippen LogP contribution in [0.5, 0.6) is 0 Å². The fourth-order valence-corrected chi connectivity index (χ4v) is 5.45. The fourth-order valence-electron chi connectivity index (χ4n) is 5.45. The molecule has 0 spiro atoms. The Hall–Kier alpha value is -4.42. The number of aliphatic hydroxyl groups excluding tert-OH is 2. The quantitative estimate of drug-likeness (QED) is 0.109. The van der Waals surface area contributed by atoms with Crippen molar-refractivity contribution in [2.45, 2.75) is 77.7 Å². The summed E-state index contributed by atoms with van der Waals surface area (Å²) in [6.45, 7) is 7.40. The summed E-state index contributed by atoms with van der Waals surface area (Å²) in [7, 11) is 0. The van der Waals surface area contributed by atoms with Gasteiger partial charge in [0.15, 0.2) is 0 Å². The minimum Gasteiger partial charge on any atom is -0.397 e. The molecular weight excluding hydrogens is 540 g/mol. The summed E-state index contributed by atoms with van der Waals surface area (Å²) in [6.07, 6.45) is 2.32. The van der Waals surface area contributed by atoms with Gasteiger partial charge in [-0.3, -0.25) is 10.1 Å². The highest BCUT2D eigenvalue weighted by Crippen LogP contribution is 2.36. The number of nitrogens with one attached hydrogen (secondary N) is 2. The summed E-state index contributed by atoms with van der Waals surface area (Å²) in [6, 6.07) is 11.4. The predicted molar refractivity (Wildman–Crippen MR) is 159 cm³/mol. The molecule has 12 heteroatoms. The lowest BCUT2D eigenvalue weighted by Gasteiger charge is -2.33. The molecule has 6 N–H and O–H groups in total. The van der Waals surface area contributed by atoms with Crippen molar-refractivity contribution >= 4 is 22.7 Å². The molecule has 6 rings (SSSR count). The van der Waals surface area contributed by atoms with Gasteiger partial charge in [-0.2, -0.15) is 0 Å². The SMILES string of the molecule is Cc1noc(C)c1-c1ccc(NC2CC(O)C2)c(N)c1.Cc1noc(C)c1-c1ccc(NC2CC(O)C2)c([N+](=O)[O-])c1. The van der Waals surface area contributed by atoms with Crippen LogP contribution in [0, 0.1) is 37.8 Å². The summed E-state index contributed by atoms with van der Waals surface area (Å²) in [5.74, 6) is 1.43. The number of rotatable bonds is 7. The Morgan fingerprint density at radius 3 is 1.67 bits per heavy atom. The summed E-state index contributed by atoms with van der Waals surface area (Å²) >= 11 is 0. The Morgan fingerprint density at radius 1 is 0.810 bits per heavy atom. The van der Waals surface area contributed by atoms with E-state index in [4.69, 9.17) is 14.8 Å². The second-order valence-corrected chi connectivity index (χ2v) is 11.1. The standard InChI is InChI=1S/C15H17N3O4.C15H19N3O2/c1-8-15(9(2)22-17-8)10-3-4-13(14(5-10)18(20)21)16-11-6-12(19)7-11;1-8-15(9(2)20-18-8)10-3-4-14(13(16)5-10)17-11-6-12(19)7-11/h3-5,11-12,16,19H,6-7H2,1-2H3;3-5,11-12,17,19H,6-7,16H2,1-2H3. The molecular formula is C30H36N6O6. The zero-order valence-corrected chi connectivity index (χ0v) is 24.0. The van der Waals surface area contributed by atoms with Crippen LogP contribution in [-0.2, 0) is 0 Å². The van der Waals surface area contributed by atoms with Crippen LogP contribution in [0.4, 0.5) is 22.7 Å². The summed E-state index contributed by atoms with van der Waals surface area (Å²) in [5.41, 5.74) is 13.3. The monoisotopic (exact) mass is 576 g/mol. The smallest absolute Gasteiger partial charge is 0.292 e. The van der Waals surface area contributed by atoms with Crippen molar-refractivity contribution in [2.75, 3.05) is 16.4 Å². The Kier molecular flexibility index (Phi) is 8.19. The Balaban J connectivity index is 0.000000169. The van der Waals surface area contributed by atoms with Crippen molar-refractivity contribution in [1.29, 1.82) is 0 Å². The number of aryl methyl sites for hydroxylation is 4. The largest absolute Gasteiger partial charge is 0.397 e. The minimum absolute atomic E-state index is 0.0129. The van der Waals surface area contributed by atoms with Crippen LogP contribution in [0.15, 0.2) is 45.4 Å². The second-order valence-electron chi connectivity index (χ2n) is 11.1. The first-order valence-electron chi connectivity index (χ1n) is 13.9. The Labute approximate surface area is 243 Å². The van der Waals surface area contributed by atoms with Gasteiger partial charge in [0, 0.05) is 29.3 Å². The van der Waals surface area contributed by atoms with Gasteiger partial charge >= 0.3 is 0 Å². The number of nitrogen functional groups attached to an aromatic ring is 1. The summed E-state index contributed by atoms with van der Waals surface area (Å²) < 4.78 is 10.3. The number of nitrogens with two attached hydrogens (primary N) is 1. The highest BCUT2D eigenvalue weighted by Gasteiger charge is 2.29. The van der Waals surface area contributed by atoms with Crippen LogP contribution in [-0.4, -0.2) is 49.7 Å². The molecule has 2 heterocycles. The van der Waals surface area contributed by atoms with Crippen LogP contribution in [0.3, 0.4) is 0 Å². The molecule has 0 bridgehead atoms. The van der Waals surface area contributed by atoms with E-state index in [-0.39, 0.29) is 23.9 Å². The molecule has 0 aliphatic heterocycles. The molecule has 2 aliphatic carbocycles. The molecule has 2 saturated carbocycles. The lowest BCUT2D eigenvalue weighted by Crippen LogP contribution is -2.39. The number of aliphatic hydroxyl groups is 2. The summed E-state index contributed by atoms with van der Waals surface area (Å²) in [5, 5.41) is 44.3. The van der Waals surface area contributed by atoms with Gasteiger partial charge < -0.3 is 35.6 Å². The lowest BCUT2D eigenvalue weighted by molar-refractivity contribution is -0.383. The number of nitrogens with zero attached hydrogens (tertiary/aromatic N) is 3. The number of benzene rings is 2. The van der Waals surface area contributed by atoms with Gasteiger partial charge in [0.2, 0.25) is 0 Å². The van der Waals surface area contributed by atoms with E-state index < -0.39 is 4.92 Å². The highest BCUT2D eigenvalue weighted by atomic mass is 16.6. The van der Waals surface area contributed by atoms with Crippen LogP contribution in [0.25, 0.3) is 22.3 Å². The molecule has 2 aromatic carbocycles. The van der Waals surface area contributed by atoms with Crippen molar-refractivity contribution in [3.05, 3.63) is 69.4 Å². The van der Waals surface area contributed by atoms with Crippen molar-refractivity contribution < 1.29 is 24.2 Å². The zero-order valence-electron chi connectivity index (χ0n) is 24.0. The first-order chi connectivity index (χ1) is 20.0. The minimum atomic E-state index is -0.404. The molecule has 0 radical (unpaired) electrons. The highest BCUT2D eigenvalue weighted by molar-refractivity contribution is 5.78. The van der Waals surface area contributed by atoms with Crippen LogP contribution < -0.4 is 16.4 Å².